The lowest BCUT2D eigenvalue weighted by Crippen LogP contribution is -1.99. The van der Waals surface area contributed by atoms with Gasteiger partial charge in [0.05, 0.1) is 13.5 Å². The molecule has 0 aliphatic carbocycles. The average molecular weight is 259 g/mol. The first kappa shape index (κ1) is 12.9. The number of benzene rings is 1. The summed E-state index contributed by atoms with van der Waals surface area (Å²) in [6, 6.07) is 12.1. The highest BCUT2D eigenvalue weighted by Crippen LogP contribution is 2.21. The molecule has 5 nitrogen and oxygen atoms in total. The number of aliphatic carboxylic acids is 1. The number of carboxylic acids is 1. The van der Waals surface area contributed by atoms with Crippen LogP contribution in [0.5, 0.6) is 17.5 Å². The van der Waals surface area contributed by atoms with Crippen molar-refractivity contribution >= 4 is 5.97 Å². The molecule has 0 spiro atoms. The summed E-state index contributed by atoms with van der Waals surface area (Å²) in [5.74, 6) is 0.628. The SMILES string of the molecule is COc1cccc(Oc2ccc(CC(=O)O)cc2)n1. The summed E-state index contributed by atoms with van der Waals surface area (Å²) >= 11 is 0. The number of rotatable bonds is 5. The van der Waals surface area contributed by atoms with E-state index in [1.807, 2.05) is 0 Å². The predicted molar refractivity (Wildman–Crippen MR) is 68.6 cm³/mol. The number of nitrogens with zero attached hydrogens (tertiary/aromatic N) is 1. The predicted octanol–water partition coefficient (Wildman–Crippen LogP) is 2.51. The van der Waals surface area contributed by atoms with Crippen molar-refractivity contribution in [1.82, 2.24) is 4.98 Å². The van der Waals surface area contributed by atoms with Crippen LogP contribution >= 0.6 is 0 Å². The van der Waals surface area contributed by atoms with Gasteiger partial charge in [0.15, 0.2) is 0 Å². The van der Waals surface area contributed by atoms with Gasteiger partial charge in [-0.05, 0) is 17.7 Å². The highest BCUT2D eigenvalue weighted by molar-refractivity contribution is 5.70. The van der Waals surface area contributed by atoms with Crippen molar-refractivity contribution in [3.05, 3.63) is 48.0 Å². The Kier molecular flexibility index (Phi) is 3.97. The van der Waals surface area contributed by atoms with Gasteiger partial charge < -0.3 is 14.6 Å². The molecule has 2 aromatic rings. The molecule has 2 rings (SSSR count). The van der Waals surface area contributed by atoms with Gasteiger partial charge in [-0.1, -0.05) is 18.2 Å². The number of methoxy groups -OCH3 is 1. The molecule has 1 heterocycles. The Morgan fingerprint density at radius 2 is 1.84 bits per heavy atom. The molecule has 0 saturated carbocycles. The summed E-state index contributed by atoms with van der Waals surface area (Å²) in [4.78, 5) is 14.7. The van der Waals surface area contributed by atoms with Crippen LogP contribution < -0.4 is 9.47 Å². The lowest BCUT2D eigenvalue weighted by Gasteiger charge is -2.06. The molecule has 98 valence electrons. The van der Waals surface area contributed by atoms with Crippen molar-refractivity contribution < 1.29 is 19.4 Å². The van der Waals surface area contributed by atoms with Gasteiger partial charge >= 0.3 is 5.97 Å². The number of carboxylic acid groups (broad SMARTS) is 1. The molecule has 0 radical (unpaired) electrons. The van der Waals surface area contributed by atoms with Gasteiger partial charge in [-0.25, -0.2) is 0 Å². The number of ether oxygens (including phenoxy) is 2. The van der Waals surface area contributed by atoms with Crippen LogP contribution in [0, 0.1) is 0 Å². The van der Waals surface area contributed by atoms with E-state index in [1.54, 1.807) is 42.5 Å². The fourth-order valence-electron chi connectivity index (χ4n) is 1.54. The number of hydrogen-bond acceptors (Lipinski definition) is 4. The van der Waals surface area contributed by atoms with Crippen molar-refractivity contribution in [3.8, 4) is 17.5 Å². The largest absolute Gasteiger partial charge is 0.481 e. The van der Waals surface area contributed by atoms with E-state index in [-0.39, 0.29) is 6.42 Å². The van der Waals surface area contributed by atoms with E-state index in [0.717, 1.165) is 5.56 Å². The lowest BCUT2D eigenvalue weighted by molar-refractivity contribution is -0.136. The number of carbonyl (C=O) groups is 1. The minimum atomic E-state index is -0.858. The Morgan fingerprint density at radius 1 is 1.16 bits per heavy atom. The Morgan fingerprint density at radius 3 is 2.47 bits per heavy atom. The standard InChI is InChI=1S/C14H13NO4/c1-18-12-3-2-4-13(15-12)19-11-7-5-10(6-8-11)9-14(16)17/h2-8H,9H2,1H3,(H,16,17). The van der Waals surface area contributed by atoms with Gasteiger partial charge in [-0.15, -0.1) is 0 Å². The molecule has 1 aromatic carbocycles. The molecular weight excluding hydrogens is 246 g/mol. The molecule has 1 N–H and O–H groups in total. The monoisotopic (exact) mass is 259 g/mol. The Labute approximate surface area is 110 Å². The van der Waals surface area contributed by atoms with Crippen LogP contribution in [0.15, 0.2) is 42.5 Å². The number of aromatic nitrogens is 1. The fourth-order valence-corrected chi connectivity index (χ4v) is 1.54. The average Bonchev–Trinajstić information content (AvgIpc) is 2.41. The van der Waals surface area contributed by atoms with Gasteiger partial charge in [-0.3, -0.25) is 4.79 Å². The van der Waals surface area contributed by atoms with Crippen molar-refractivity contribution in [2.45, 2.75) is 6.42 Å². The maximum atomic E-state index is 10.6. The summed E-state index contributed by atoms with van der Waals surface area (Å²) in [5, 5.41) is 8.67. The molecule has 0 aliphatic heterocycles. The third kappa shape index (κ3) is 3.70. The van der Waals surface area contributed by atoms with E-state index in [4.69, 9.17) is 14.6 Å². The van der Waals surface area contributed by atoms with Crippen molar-refractivity contribution in [2.24, 2.45) is 0 Å². The maximum absolute atomic E-state index is 10.6. The first-order valence-corrected chi connectivity index (χ1v) is 5.67. The second-order valence-electron chi connectivity index (χ2n) is 3.83. The molecule has 0 atom stereocenters. The highest BCUT2D eigenvalue weighted by atomic mass is 16.5. The molecular formula is C14H13NO4. The second-order valence-corrected chi connectivity index (χ2v) is 3.83. The number of pyridine rings is 1. The fraction of sp³-hybridized carbons (Fsp3) is 0.143. The maximum Gasteiger partial charge on any atom is 0.307 e. The normalized spacial score (nSPS) is 9.95. The summed E-state index contributed by atoms with van der Waals surface area (Å²) in [5.41, 5.74) is 0.721. The second kappa shape index (κ2) is 5.86. The molecule has 1 aromatic heterocycles. The summed E-state index contributed by atoms with van der Waals surface area (Å²) < 4.78 is 10.5. The molecule has 0 fully saturated rings. The molecule has 5 heteroatoms. The Balaban J connectivity index is 2.08. The van der Waals surface area contributed by atoms with Crippen LogP contribution in [-0.4, -0.2) is 23.2 Å². The van der Waals surface area contributed by atoms with E-state index in [9.17, 15) is 4.79 Å². The van der Waals surface area contributed by atoms with Gasteiger partial charge in [0, 0.05) is 12.1 Å². The smallest absolute Gasteiger partial charge is 0.307 e. The van der Waals surface area contributed by atoms with Gasteiger partial charge in [0.25, 0.3) is 0 Å². The van der Waals surface area contributed by atoms with Crippen LogP contribution in [0.2, 0.25) is 0 Å². The molecule has 0 aliphatic rings. The van der Waals surface area contributed by atoms with E-state index in [2.05, 4.69) is 4.98 Å². The topological polar surface area (TPSA) is 68.7 Å². The molecule has 19 heavy (non-hydrogen) atoms. The quantitative estimate of drug-likeness (QED) is 0.893. The van der Waals surface area contributed by atoms with E-state index < -0.39 is 5.97 Å². The Hall–Kier alpha value is -2.56. The summed E-state index contributed by atoms with van der Waals surface area (Å²) in [7, 11) is 1.53. The minimum absolute atomic E-state index is 0.00229. The number of hydrogen-bond donors (Lipinski definition) is 1. The zero-order chi connectivity index (χ0) is 13.7. The zero-order valence-electron chi connectivity index (χ0n) is 10.4. The van der Waals surface area contributed by atoms with Crippen molar-refractivity contribution in [2.75, 3.05) is 7.11 Å². The van der Waals surface area contributed by atoms with Crippen molar-refractivity contribution in [3.63, 3.8) is 0 Å². The first-order valence-electron chi connectivity index (χ1n) is 5.67. The molecule has 0 amide bonds. The highest BCUT2D eigenvalue weighted by Gasteiger charge is 2.03. The van der Waals surface area contributed by atoms with Crippen LogP contribution in [0.25, 0.3) is 0 Å². The van der Waals surface area contributed by atoms with Crippen LogP contribution in [-0.2, 0) is 11.2 Å². The van der Waals surface area contributed by atoms with E-state index in [0.29, 0.717) is 17.5 Å². The molecule has 0 bridgehead atoms. The van der Waals surface area contributed by atoms with Gasteiger partial charge in [-0.2, -0.15) is 4.98 Å². The van der Waals surface area contributed by atoms with Crippen LogP contribution in [0.1, 0.15) is 5.56 Å². The van der Waals surface area contributed by atoms with Gasteiger partial charge in [0.2, 0.25) is 11.8 Å². The summed E-state index contributed by atoms with van der Waals surface area (Å²) in [6.45, 7) is 0. The molecule has 0 saturated heterocycles. The van der Waals surface area contributed by atoms with Crippen LogP contribution in [0.4, 0.5) is 0 Å². The zero-order valence-corrected chi connectivity index (χ0v) is 10.4. The third-order valence-electron chi connectivity index (χ3n) is 2.41. The van der Waals surface area contributed by atoms with Crippen LogP contribution in [0.3, 0.4) is 0 Å². The first-order chi connectivity index (χ1) is 9.17. The van der Waals surface area contributed by atoms with E-state index >= 15 is 0 Å². The molecule has 0 unspecified atom stereocenters. The minimum Gasteiger partial charge on any atom is -0.481 e. The lowest BCUT2D eigenvalue weighted by atomic mass is 10.1. The Bertz CT molecular complexity index is 566. The summed E-state index contributed by atoms with van der Waals surface area (Å²) in [6.07, 6.45) is -0.00229. The van der Waals surface area contributed by atoms with E-state index in [1.165, 1.54) is 7.11 Å². The van der Waals surface area contributed by atoms with Gasteiger partial charge in [0.1, 0.15) is 5.75 Å². The third-order valence-corrected chi connectivity index (χ3v) is 2.41. The van der Waals surface area contributed by atoms with Crippen molar-refractivity contribution in [1.29, 1.82) is 0 Å².